The van der Waals surface area contributed by atoms with Crippen molar-refractivity contribution in [3.05, 3.63) is 35.7 Å². The number of rotatable bonds is 5. The number of aryl methyl sites for hydroxylation is 1. The fraction of sp³-hybridized carbons (Fsp3) is 0.632. The van der Waals surface area contributed by atoms with Gasteiger partial charge in [-0.25, -0.2) is 4.98 Å². The van der Waals surface area contributed by atoms with Crippen molar-refractivity contribution in [2.24, 2.45) is 7.05 Å². The summed E-state index contributed by atoms with van der Waals surface area (Å²) < 4.78 is 2.07. The van der Waals surface area contributed by atoms with Gasteiger partial charge in [0.1, 0.15) is 11.5 Å². The molecule has 2 N–H and O–H groups in total. The molecule has 1 saturated heterocycles. The third-order valence-electron chi connectivity index (χ3n) is 5.76. The largest absolute Gasteiger partial charge is 0.348 e. The molecule has 2 aromatic rings. The Morgan fingerprint density at radius 2 is 2.08 bits per heavy atom. The molecular weight excluding hydrogens is 328 g/mol. The Morgan fingerprint density at radius 1 is 1.27 bits per heavy atom. The van der Waals surface area contributed by atoms with Crippen LogP contribution in [-0.2, 0) is 13.6 Å². The first-order chi connectivity index (χ1) is 12.7. The van der Waals surface area contributed by atoms with Crippen LogP contribution < -0.4 is 5.32 Å². The number of aromatic amines is 1. The minimum Gasteiger partial charge on any atom is -0.348 e. The Kier molecular flexibility index (Phi) is 5.06. The van der Waals surface area contributed by atoms with E-state index in [1.165, 1.54) is 25.7 Å². The smallest absolute Gasteiger partial charge is 0.271 e. The minimum atomic E-state index is -0.0501. The monoisotopic (exact) mass is 356 g/mol. The Morgan fingerprint density at radius 3 is 2.85 bits per heavy atom. The zero-order valence-corrected chi connectivity index (χ0v) is 15.4. The Balaban J connectivity index is 1.45. The number of piperidine rings is 1. The van der Waals surface area contributed by atoms with Crippen LogP contribution in [0.2, 0.25) is 0 Å². The van der Waals surface area contributed by atoms with E-state index in [0.29, 0.717) is 11.7 Å². The van der Waals surface area contributed by atoms with Crippen molar-refractivity contribution >= 4 is 5.91 Å². The molecule has 2 aliphatic rings. The average Bonchev–Trinajstić information content (AvgIpc) is 3.39. The van der Waals surface area contributed by atoms with Crippen LogP contribution in [0.15, 0.2) is 18.5 Å². The minimum absolute atomic E-state index is 0.0501. The van der Waals surface area contributed by atoms with E-state index in [-0.39, 0.29) is 11.9 Å². The van der Waals surface area contributed by atoms with E-state index in [1.54, 1.807) is 0 Å². The summed E-state index contributed by atoms with van der Waals surface area (Å²) >= 11 is 0. The highest BCUT2D eigenvalue weighted by Crippen LogP contribution is 2.31. The van der Waals surface area contributed by atoms with Gasteiger partial charge in [0.05, 0.1) is 18.3 Å². The maximum absolute atomic E-state index is 12.5. The molecule has 1 aliphatic carbocycles. The van der Waals surface area contributed by atoms with Crippen molar-refractivity contribution in [3.63, 3.8) is 0 Å². The molecule has 26 heavy (non-hydrogen) atoms. The van der Waals surface area contributed by atoms with Crippen molar-refractivity contribution < 1.29 is 4.79 Å². The molecule has 0 radical (unpaired) electrons. The van der Waals surface area contributed by atoms with Crippen LogP contribution in [0.3, 0.4) is 0 Å². The van der Waals surface area contributed by atoms with Gasteiger partial charge in [0.15, 0.2) is 0 Å². The predicted octanol–water partition coefficient (Wildman–Crippen LogP) is 2.54. The molecule has 0 bridgehead atoms. The van der Waals surface area contributed by atoms with E-state index >= 15 is 0 Å². The summed E-state index contributed by atoms with van der Waals surface area (Å²) in [5.41, 5.74) is 1.55. The lowest BCUT2D eigenvalue weighted by Crippen LogP contribution is -2.34. The number of hydrogen-bond donors (Lipinski definition) is 2. The lowest BCUT2D eigenvalue weighted by molar-refractivity contribution is 0.0932. The number of H-pyrrole nitrogens is 1. The van der Waals surface area contributed by atoms with Crippen LogP contribution in [0.25, 0.3) is 0 Å². The molecule has 0 spiro atoms. The first kappa shape index (κ1) is 17.3. The molecule has 0 unspecified atom stereocenters. The molecule has 7 heteroatoms. The highest BCUT2D eigenvalue weighted by Gasteiger charge is 2.28. The summed E-state index contributed by atoms with van der Waals surface area (Å²) in [7, 11) is 2.03. The second-order valence-corrected chi connectivity index (χ2v) is 7.60. The van der Waals surface area contributed by atoms with Gasteiger partial charge in [-0.05, 0) is 38.3 Å². The van der Waals surface area contributed by atoms with Crippen LogP contribution in [0.5, 0.6) is 0 Å². The van der Waals surface area contributed by atoms with Crippen LogP contribution in [-0.4, -0.2) is 43.1 Å². The number of likely N-dealkylation sites (tertiary alicyclic amines) is 1. The quantitative estimate of drug-likeness (QED) is 0.863. The zero-order valence-electron chi connectivity index (χ0n) is 15.4. The average molecular weight is 356 g/mol. The summed E-state index contributed by atoms with van der Waals surface area (Å²) in [5.74, 6) is 1.02. The summed E-state index contributed by atoms with van der Waals surface area (Å²) in [6.07, 6.45) is 11.9. The Hall–Kier alpha value is -2.15. The molecule has 140 valence electrons. The van der Waals surface area contributed by atoms with Crippen molar-refractivity contribution in [2.45, 2.75) is 63.6 Å². The zero-order chi connectivity index (χ0) is 17.9. The van der Waals surface area contributed by atoms with Gasteiger partial charge < -0.3 is 9.88 Å². The van der Waals surface area contributed by atoms with Crippen LogP contribution in [0, 0.1) is 0 Å². The first-order valence-corrected chi connectivity index (χ1v) is 9.77. The van der Waals surface area contributed by atoms with E-state index < -0.39 is 0 Å². The van der Waals surface area contributed by atoms with Gasteiger partial charge in [-0.2, -0.15) is 5.10 Å². The van der Waals surface area contributed by atoms with E-state index in [1.807, 2.05) is 25.5 Å². The van der Waals surface area contributed by atoms with Crippen molar-refractivity contribution in [2.75, 3.05) is 6.54 Å². The number of nitrogens with one attached hydrogen (secondary N) is 2. The van der Waals surface area contributed by atoms with E-state index in [9.17, 15) is 4.79 Å². The number of hydrogen-bond acceptors (Lipinski definition) is 4. The van der Waals surface area contributed by atoms with Gasteiger partial charge in [0.25, 0.3) is 5.91 Å². The first-order valence-electron chi connectivity index (χ1n) is 9.77. The van der Waals surface area contributed by atoms with Gasteiger partial charge in [-0.15, -0.1) is 0 Å². The Bertz CT molecular complexity index is 745. The van der Waals surface area contributed by atoms with Crippen molar-refractivity contribution in [1.82, 2.24) is 30.0 Å². The van der Waals surface area contributed by atoms with Crippen LogP contribution in [0.4, 0.5) is 0 Å². The molecule has 1 amide bonds. The summed E-state index contributed by atoms with van der Waals surface area (Å²) in [6, 6.07) is 2.52. The highest BCUT2D eigenvalue weighted by molar-refractivity contribution is 5.92. The second-order valence-electron chi connectivity index (χ2n) is 7.60. The standard InChI is InChI=1S/C19H28N6O/c1-24-11-9-20-18(24)13-25-10-5-4-8-17(25)15-12-16(23-22-15)19(26)21-14-6-2-3-7-14/h9,11-12,14,17H,2-8,10,13H2,1H3,(H,21,26)(H,22,23)/t17-/m0/s1. The second kappa shape index (κ2) is 7.61. The third-order valence-corrected chi connectivity index (χ3v) is 5.76. The number of amides is 1. The molecule has 4 rings (SSSR count). The topological polar surface area (TPSA) is 78.8 Å². The molecule has 2 fully saturated rings. The Labute approximate surface area is 154 Å². The van der Waals surface area contributed by atoms with Gasteiger partial charge >= 0.3 is 0 Å². The number of carbonyl (C=O) groups is 1. The lowest BCUT2D eigenvalue weighted by Gasteiger charge is -2.34. The molecule has 1 saturated carbocycles. The number of aromatic nitrogens is 4. The van der Waals surface area contributed by atoms with Gasteiger partial charge in [0, 0.05) is 25.5 Å². The fourth-order valence-corrected chi connectivity index (χ4v) is 4.22. The van der Waals surface area contributed by atoms with Gasteiger partial charge in [-0.3, -0.25) is 14.8 Å². The van der Waals surface area contributed by atoms with E-state index in [2.05, 4.69) is 30.0 Å². The highest BCUT2D eigenvalue weighted by atomic mass is 16.2. The molecule has 2 aromatic heterocycles. The summed E-state index contributed by atoms with van der Waals surface area (Å²) in [6.45, 7) is 1.86. The molecule has 1 atom stereocenters. The SMILES string of the molecule is Cn1ccnc1CN1CCCC[C@H]1c1cc(C(=O)NC2CCCC2)n[nH]1. The van der Waals surface area contributed by atoms with Crippen molar-refractivity contribution in [1.29, 1.82) is 0 Å². The number of nitrogens with zero attached hydrogens (tertiary/aromatic N) is 4. The molecule has 3 heterocycles. The third kappa shape index (κ3) is 3.67. The predicted molar refractivity (Wildman–Crippen MR) is 98.5 cm³/mol. The van der Waals surface area contributed by atoms with E-state index in [4.69, 9.17) is 0 Å². The van der Waals surface area contributed by atoms with Crippen molar-refractivity contribution in [3.8, 4) is 0 Å². The summed E-state index contributed by atoms with van der Waals surface area (Å²) in [5, 5.41) is 10.5. The molecule has 1 aliphatic heterocycles. The molecule has 7 nitrogen and oxygen atoms in total. The number of carbonyl (C=O) groups excluding carboxylic acids is 1. The summed E-state index contributed by atoms with van der Waals surface area (Å²) in [4.78, 5) is 19.4. The normalized spacial score (nSPS) is 22.0. The molecular formula is C19H28N6O. The molecule has 0 aromatic carbocycles. The van der Waals surface area contributed by atoms with Gasteiger partial charge in [-0.1, -0.05) is 19.3 Å². The maximum Gasteiger partial charge on any atom is 0.271 e. The lowest BCUT2D eigenvalue weighted by atomic mass is 9.99. The van der Waals surface area contributed by atoms with Gasteiger partial charge in [0.2, 0.25) is 0 Å². The van der Waals surface area contributed by atoms with E-state index in [0.717, 1.165) is 43.9 Å². The number of imidazole rings is 1. The fourth-order valence-electron chi connectivity index (χ4n) is 4.22. The van der Waals surface area contributed by atoms with Crippen LogP contribution >= 0.6 is 0 Å². The van der Waals surface area contributed by atoms with Crippen LogP contribution in [0.1, 0.15) is 73.0 Å². The maximum atomic E-state index is 12.5.